The van der Waals surface area contributed by atoms with Crippen molar-refractivity contribution in [3.05, 3.63) is 30.2 Å². The lowest BCUT2D eigenvalue weighted by Crippen LogP contribution is -2.47. The number of hydrogen-bond acceptors (Lipinski definition) is 6. The Labute approximate surface area is 128 Å². The van der Waals surface area contributed by atoms with Gasteiger partial charge < -0.3 is 9.26 Å². The number of anilines is 1. The van der Waals surface area contributed by atoms with E-state index >= 15 is 0 Å². The van der Waals surface area contributed by atoms with Crippen molar-refractivity contribution in [1.29, 1.82) is 0 Å². The minimum atomic E-state index is -0.115. The summed E-state index contributed by atoms with van der Waals surface area (Å²) in [5.41, 5.74) is 0.737. The van der Waals surface area contributed by atoms with E-state index in [4.69, 9.17) is 9.26 Å². The Hall–Kier alpha value is -2.19. The van der Waals surface area contributed by atoms with E-state index in [1.54, 1.807) is 19.2 Å². The number of nitrogens with zero attached hydrogens (tertiary/aromatic N) is 4. The molecule has 8 nitrogen and oxygen atoms in total. The van der Waals surface area contributed by atoms with Crippen LogP contribution in [0.4, 0.5) is 5.88 Å². The van der Waals surface area contributed by atoms with Crippen molar-refractivity contribution >= 4 is 11.8 Å². The summed E-state index contributed by atoms with van der Waals surface area (Å²) in [6.45, 7) is 4.84. The lowest BCUT2D eigenvalue weighted by Gasteiger charge is -2.32. The number of hydrogen-bond donors (Lipinski definition) is 1. The van der Waals surface area contributed by atoms with Gasteiger partial charge in [0.25, 0.3) is 0 Å². The molecule has 1 aliphatic rings. The number of ether oxygens (including phenoxy) is 1. The van der Waals surface area contributed by atoms with Crippen LogP contribution in [0.5, 0.6) is 0 Å². The summed E-state index contributed by atoms with van der Waals surface area (Å²) in [6.07, 6.45) is 3.68. The molecular weight excluding hydrogens is 286 g/mol. The highest BCUT2D eigenvalue weighted by molar-refractivity contribution is 5.90. The van der Waals surface area contributed by atoms with Crippen LogP contribution in [0, 0.1) is 6.92 Å². The molecule has 0 radical (unpaired) electrons. The van der Waals surface area contributed by atoms with Crippen LogP contribution in [0.2, 0.25) is 0 Å². The molecule has 0 unspecified atom stereocenters. The highest BCUT2D eigenvalue weighted by atomic mass is 16.5. The highest BCUT2D eigenvalue weighted by Gasteiger charge is 2.23. The average molecular weight is 305 g/mol. The monoisotopic (exact) mass is 305 g/mol. The molecule has 118 valence electrons. The summed E-state index contributed by atoms with van der Waals surface area (Å²) in [5.74, 6) is 0.264. The van der Waals surface area contributed by atoms with Gasteiger partial charge in [-0.2, -0.15) is 5.10 Å². The molecule has 1 aliphatic heterocycles. The first-order chi connectivity index (χ1) is 10.7. The number of amides is 1. The second kappa shape index (κ2) is 6.71. The summed E-state index contributed by atoms with van der Waals surface area (Å²) >= 11 is 0. The van der Waals surface area contributed by atoms with Gasteiger partial charge in [-0.3, -0.25) is 19.7 Å². The molecule has 2 aromatic rings. The van der Waals surface area contributed by atoms with Crippen molar-refractivity contribution in [2.24, 2.45) is 0 Å². The molecule has 3 heterocycles. The summed E-state index contributed by atoms with van der Waals surface area (Å²) in [5, 5.41) is 10.6. The topological polar surface area (TPSA) is 85.4 Å². The Morgan fingerprint density at radius 3 is 3.18 bits per heavy atom. The van der Waals surface area contributed by atoms with Gasteiger partial charge in [-0.25, -0.2) is 0 Å². The molecule has 1 N–H and O–H groups in total. The van der Waals surface area contributed by atoms with Crippen LogP contribution in [0.3, 0.4) is 0 Å². The molecule has 0 aliphatic carbocycles. The summed E-state index contributed by atoms with van der Waals surface area (Å²) in [7, 11) is 0. The highest BCUT2D eigenvalue weighted by Crippen LogP contribution is 2.10. The number of carbonyl (C=O) groups excluding carboxylic acids is 1. The fourth-order valence-electron chi connectivity index (χ4n) is 2.45. The van der Waals surface area contributed by atoms with Crippen LogP contribution in [-0.2, 0) is 16.1 Å². The first-order valence-corrected chi connectivity index (χ1v) is 7.23. The lowest BCUT2D eigenvalue weighted by atomic mass is 10.2. The molecule has 1 amide bonds. The maximum atomic E-state index is 12.0. The van der Waals surface area contributed by atoms with E-state index in [2.05, 4.69) is 20.5 Å². The average Bonchev–Trinajstić information content (AvgIpc) is 3.11. The number of carbonyl (C=O) groups is 1. The normalized spacial score (nSPS) is 19.2. The van der Waals surface area contributed by atoms with Gasteiger partial charge in [0.2, 0.25) is 11.8 Å². The number of nitrogens with one attached hydrogen (secondary N) is 1. The summed E-state index contributed by atoms with van der Waals surface area (Å²) in [4.78, 5) is 14.1. The third-order valence-electron chi connectivity index (χ3n) is 3.43. The number of aromatic nitrogens is 3. The van der Waals surface area contributed by atoms with Crippen molar-refractivity contribution in [1.82, 2.24) is 19.8 Å². The Kier molecular flexibility index (Phi) is 4.50. The van der Waals surface area contributed by atoms with E-state index in [-0.39, 0.29) is 12.0 Å². The van der Waals surface area contributed by atoms with E-state index in [0.29, 0.717) is 32.1 Å². The minimum absolute atomic E-state index is 0.0361. The molecule has 8 heteroatoms. The minimum Gasteiger partial charge on any atom is -0.374 e. The molecular formula is C14H19N5O3. The van der Waals surface area contributed by atoms with Crippen LogP contribution in [-0.4, -0.2) is 58.1 Å². The van der Waals surface area contributed by atoms with Crippen molar-refractivity contribution < 1.29 is 14.1 Å². The van der Waals surface area contributed by atoms with Crippen molar-refractivity contribution in [3.63, 3.8) is 0 Å². The first kappa shape index (κ1) is 14.7. The zero-order valence-corrected chi connectivity index (χ0v) is 12.4. The van der Waals surface area contributed by atoms with Crippen LogP contribution in [0.1, 0.15) is 5.69 Å². The van der Waals surface area contributed by atoms with Crippen molar-refractivity contribution in [3.8, 4) is 0 Å². The molecule has 0 aromatic carbocycles. The van der Waals surface area contributed by atoms with Gasteiger partial charge >= 0.3 is 0 Å². The zero-order valence-electron chi connectivity index (χ0n) is 12.4. The molecule has 1 saturated heterocycles. The third kappa shape index (κ3) is 3.92. The van der Waals surface area contributed by atoms with E-state index in [0.717, 1.165) is 12.2 Å². The number of aryl methyl sites for hydroxylation is 1. The lowest BCUT2D eigenvalue weighted by molar-refractivity contribution is -0.119. The SMILES string of the molecule is Cc1cc(NC(=O)CN2CCO[C@@H](Cn3cccn3)C2)on1. The molecule has 0 spiro atoms. The predicted octanol–water partition coefficient (Wildman–Crippen LogP) is 0.519. The fourth-order valence-corrected chi connectivity index (χ4v) is 2.45. The maximum Gasteiger partial charge on any atom is 0.240 e. The Bertz CT molecular complexity index is 610. The number of rotatable bonds is 5. The number of morpholine rings is 1. The largest absolute Gasteiger partial charge is 0.374 e. The van der Waals surface area contributed by atoms with Crippen LogP contribution < -0.4 is 5.32 Å². The molecule has 1 fully saturated rings. The quantitative estimate of drug-likeness (QED) is 0.867. The Morgan fingerprint density at radius 2 is 2.45 bits per heavy atom. The summed E-state index contributed by atoms with van der Waals surface area (Å²) in [6, 6.07) is 3.57. The van der Waals surface area contributed by atoms with Crippen LogP contribution >= 0.6 is 0 Å². The Morgan fingerprint density at radius 1 is 1.55 bits per heavy atom. The van der Waals surface area contributed by atoms with Crippen molar-refractivity contribution in [2.75, 3.05) is 31.6 Å². The van der Waals surface area contributed by atoms with E-state index in [9.17, 15) is 4.79 Å². The molecule has 0 saturated carbocycles. The van der Waals surface area contributed by atoms with Crippen LogP contribution in [0.25, 0.3) is 0 Å². The second-order valence-corrected chi connectivity index (χ2v) is 5.34. The fraction of sp³-hybridized carbons (Fsp3) is 0.500. The molecule has 22 heavy (non-hydrogen) atoms. The van der Waals surface area contributed by atoms with Gasteiger partial charge in [-0.15, -0.1) is 0 Å². The van der Waals surface area contributed by atoms with Gasteiger partial charge in [-0.05, 0) is 13.0 Å². The molecule has 3 rings (SSSR count). The predicted molar refractivity (Wildman–Crippen MR) is 78.3 cm³/mol. The van der Waals surface area contributed by atoms with Gasteiger partial charge in [0.1, 0.15) is 0 Å². The first-order valence-electron chi connectivity index (χ1n) is 7.23. The summed E-state index contributed by atoms with van der Waals surface area (Å²) < 4.78 is 12.5. The smallest absolute Gasteiger partial charge is 0.240 e. The van der Waals surface area contributed by atoms with E-state index in [1.807, 2.05) is 16.9 Å². The maximum absolute atomic E-state index is 12.0. The zero-order chi connectivity index (χ0) is 15.4. The van der Waals surface area contributed by atoms with Gasteiger partial charge in [0.05, 0.1) is 31.5 Å². The Balaban J connectivity index is 1.48. The van der Waals surface area contributed by atoms with E-state index in [1.165, 1.54) is 0 Å². The second-order valence-electron chi connectivity index (χ2n) is 5.34. The van der Waals surface area contributed by atoms with Gasteiger partial charge in [0.15, 0.2) is 0 Å². The molecule has 1 atom stereocenters. The van der Waals surface area contributed by atoms with Crippen LogP contribution in [0.15, 0.2) is 29.0 Å². The third-order valence-corrected chi connectivity index (χ3v) is 3.43. The molecule has 0 bridgehead atoms. The van der Waals surface area contributed by atoms with E-state index < -0.39 is 0 Å². The van der Waals surface area contributed by atoms with Gasteiger partial charge in [-0.1, -0.05) is 5.16 Å². The molecule has 2 aromatic heterocycles. The van der Waals surface area contributed by atoms with Gasteiger partial charge in [0, 0.05) is 31.5 Å². The van der Waals surface area contributed by atoms with Crippen molar-refractivity contribution in [2.45, 2.75) is 19.6 Å². The standard InChI is InChI=1S/C14H19N5O3/c1-11-7-14(22-17-11)16-13(20)10-18-5-6-21-12(8-18)9-19-4-2-3-15-19/h2-4,7,12H,5-6,8-10H2,1H3,(H,16,20)/t12-/m1/s1.